The van der Waals surface area contributed by atoms with Crippen molar-refractivity contribution in [3.8, 4) is 0 Å². The molecule has 186 valence electrons. The lowest BCUT2D eigenvalue weighted by molar-refractivity contribution is -0.213. The normalized spacial score (nSPS) is 14.8. The average Bonchev–Trinajstić information content (AvgIpc) is 2.64. The van der Waals surface area contributed by atoms with Crippen molar-refractivity contribution in [2.45, 2.75) is 78.5 Å². The van der Waals surface area contributed by atoms with Gasteiger partial charge in [0.1, 0.15) is 12.7 Å². The summed E-state index contributed by atoms with van der Waals surface area (Å²) in [7, 11) is 0. The Kier molecular flexibility index (Phi) is 13.1. The smallest absolute Gasteiger partial charge is 0.303 e. The number of esters is 6. The Labute approximate surface area is 191 Å². The van der Waals surface area contributed by atoms with Gasteiger partial charge in [-0.15, -0.1) is 6.58 Å². The average molecular weight is 474 g/mol. The van der Waals surface area contributed by atoms with E-state index in [2.05, 4.69) is 6.58 Å². The van der Waals surface area contributed by atoms with Gasteiger partial charge in [0, 0.05) is 48.0 Å². The van der Waals surface area contributed by atoms with Crippen LogP contribution >= 0.6 is 0 Å². The zero-order chi connectivity index (χ0) is 25.7. The summed E-state index contributed by atoms with van der Waals surface area (Å²) in [6.45, 7) is 9.34. The molecule has 0 heterocycles. The Hall–Kier alpha value is -3.44. The molecule has 5 atom stereocenters. The van der Waals surface area contributed by atoms with Gasteiger partial charge in [-0.2, -0.15) is 0 Å². The zero-order valence-corrected chi connectivity index (χ0v) is 19.5. The van der Waals surface area contributed by atoms with Crippen molar-refractivity contribution in [1.82, 2.24) is 0 Å². The topological polar surface area (TPSA) is 158 Å². The van der Waals surface area contributed by atoms with Crippen LogP contribution in [0.25, 0.3) is 0 Å². The van der Waals surface area contributed by atoms with Crippen LogP contribution in [0.4, 0.5) is 0 Å². The predicted octanol–water partition coefficient (Wildman–Crippen LogP) is 0.784. The summed E-state index contributed by atoms with van der Waals surface area (Å²) in [6.07, 6.45) is -6.17. The molecule has 0 bridgehead atoms. The van der Waals surface area contributed by atoms with Crippen LogP contribution in [-0.4, -0.2) is 72.9 Å². The van der Waals surface area contributed by atoms with E-state index in [-0.39, 0.29) is 6.42 Å². The number of carbonyl (C=O) groups is 6. The first-order valence-electron chi connectivity index (χ1n) is 9.88. The van der Waals surface area contributed by atoms with Crippen LogP contribution in [0.2, 0.25) is 0 Å². The molecule has 0 radical (unpaired) electrons. The molecule has 0 rings (SSSR count). The van der Waals surface area contributed by atoms with Gasteiger partial charge in [-0.25, -0.2) is 0 Å². The maximum absolute atomic E-state index is 11.9. The van der Waals surface area contributed by atoms with Crippen LogP contribution in [0.3, 0.4) is 0 Å². The Balaban J connectivity index is 6.66. The van der Waals surface area contributed by atoms with Gasteiger partial charge in [0.25, 0.3) is 0 Å². The zero-order valence-electron chi connectivity index (χ0n) is 19.5. The summed E-state index contributed by atoms with van der Waals surface area (Å²) in [6, 6.07) is 0. The molecule has 12 nitrogen and oxygen atoms in total. The lowest BCUT2D eigenvalue weighted by Gasteiger charge is -2.37. The van der Waals surface area contributed by atoms with Gasteiger partial charge in [0.2, 0.25) is 0 Å². The van der Waals surface area contributed by atoms with E-state index in [1.807, 2.05) is 0 Å². The van der Waals surface area contributed by atoms with Gasteiger partial charge in [-0.05, 0) is 0 Å². The van der Waals surface area contributed by atoms with Crippen LogP contribution in [0.15, 0.2) is 12.7 Å². The second kappa shape index (κ2) is 14.6. The molecule has 0 amide bonds. The highest BCUT2D eigenvalue weighted by Gasteiger charge is 2.47. The number of ether oxygens (including phenoxy) is 6. The van der Waals surface area contributed by atoms with Crippen molar-refractivity contribution in [2.24, 2.45) is 0 Å². The molecular formula is C21H30O12. The number of hydrogen-bond donors (Lipinski definition) is 0. The summed E-state index contributed by atoms with van der Waals surface area (Å²) < 4.78 is 31.1. The van der Waals surface area contributed by atoms with Crippen molar-refractivity contribution in [2.75, 3.05) is 6.61 Å². The maximum Gasteiger partial charge on any atom is 0.303 e. The van der Waals surface area contributed by atoms with E-state index in [1.54, 1.807) is 0 Å². The maximum atomic E-state index is 11.9. The first-order chi connectivity index (χ1) is 15.3. The van der Waals surface area contributed by atoms with Crippen molar-refractivity contribution >= 4 is 35.8 Å². The van der Waals surface area contributed by atoms with E-state index < -0.39 is 72.9 Å². The third-order valence-electron chi connectivity index (χ3n) is 3.77. The lowest BCUT2D eigenvalue weighted by Crippen LogP contribution is -2.56. The molecule has 0 aliphatic rings. The Morgan fingerprint density at radius 2 is 0.939 bits per heavy atom. The molecule has 33 heavy (non-hydrogen) atoms. The fourth-order valence-electron chi connectivity index (χ4n) is 2.84. The van der Waals surface area contributed by atoms with Gasteiger partial charge >= 0.3 is 35.8 Å². The molecule has 0 saturated heterocycles. The Bertz CT molecular complexity index is 744. The molecule has 0 aliphatic carbocycles. The van der Waals surface area contributed by atoms with Gasteiger partial charge in [0.15, 0.2) is 24.4 Å². The predicted molar refractivity (Wildman–Crippen MR) is 109 cm³/mol. The molecule has 0 aliphatic heterocycles. The van der Waals surface area contributed by atoms with E-state index in [0.29, 0.717) is 0 Å². The second-order valence-electron chi connectivity index (χ2n) is 6.84. The molecule has 0 aromatic heterocycles. The van der Waals surface area contributed by atoms with E-state index in [0.717, 1.165) is 41.5 Å². The third-order valence-corrected chi connectivity index (χ3v) is 3.77. The SMILES string of the molecule is C=CCC(OC(C)=O)[C@H](OC(C)=O)[C@@H](OC(C)=O)[C@H](OC(C)=O)[C@@H](COC(C)=O)OC(C)=O. The summed E-state index contributed by atoms with van der Waals surface area (Å²) in [5, 5.41) is 0. The van der Waals surface area contributed by atoms with E-state index in [1.165, 1.54) is 6.08 Å². The molecule has 0 N–H and O–H groups in total. The first-order valence-corrected chi connectivity index (χ1v) is 9.88. The van der Waals surface area contributed by atoms with Crippen LogP contribution < -0.4 is 0 Å². The van der Waals surface area contributed by atoms with Crippen LogP contribution in [0.5, 0.6) is 0 Å². The standard InChI is InChI=1S/C21H30O12/c1-8-9-17(29-12(3)23)19(31-14(5)25)21(33-16(7)27)20(32-15(6)26)18(30-13(4)24)10-28-11(2)22/h8,17-21H,1,9-10H2,2-7H3/t17?,18-,19+,20-,21-/m1/s1. The molecule has 12 heteroatoms. The molecule has 1 unspecified atom stereocenters. The second-order valence-corrected chi connectivity index (χ2v) is 6.84. The van der Waals surface area contributed by atoms with Crippen molar-refractivity contribution in [3.63, 3.8) is 0 Å². The van der Waals surface area contributed by atoms with Crippen LogP contribution in [0, 0.1) is 0 Å². The third kappa shape index (κ3) is 12.2. The molecule has 0 aromatic rings. The van der Waals surface area contributed by atoms with Gasteiger partial charge < -0.3 is 28.4 Å². The summed E-state index contributed by atoms with van der Waals surface area (Å²) in [5.41, 5.74) is 0. The van der Waals surface area contributed by atoms with Crippen molar-refractivity contribution in [1.29, 1.82) is 0 Å². The number of carbonyl (C=O) groups excluding carboxylic acids is 6. The highest BCUT2D eigenvalue weighted by molar-refractivity contribution is 5.70. The Morgan fingerprint density at radius 3 is 1.30 bits per heavy atom. The van der Waals surface area contributed by atoms with Crippen LogP contribution in [-0.2, 0) is 57.2 Å². The quantitative estimate of drug-likeness (QED) is 0.210. The van der Waals surface area contributed by atoms with Crippen molar-refractivity contribution in [3.05, 3.63) is 12.7 Å². The fraction of sp³-hybridized carbons (Fsp3) is 0.619. The number of rotatable bonds is 13. The first kappa shape index (κ1) is 29.6. The lowest BCUT2D eigenvalue weighted by atomic mass is 9.96. The molecule has 0 saturated carbocycles. The van der Waals surface area contributed by atoms with Crippen molar-refractivity contribution < 1.29 is 57.2 Å². The largest absolute Gasteiger partial charge is 0.462 e. The number of hydrogen-bond acceptors (Lipinski definition) is 12. The summed E-state index contributed by atoms with van der Waals surface area (Å²) in [5.74, 6) is -4.93. The summed E-state index contributed by atoms with van der Waals surface area (Å²) >= 11 is 0. The fourth-order valence-corrected chi connectivity index (χ4v) is 2.84. The van der Waals surface area contributed by atoms with Gasteiger partial charge in [-0.1, -0.05) is 6.08 Å². The monoisotopic (exact) mass is 474 g/mol. The highest BCUT2D eigenvalue weighted by atomic mass is 16.6. The molecule has 0 fully saturated rings. The minimum Gasteiger partial charge on any atom is -0.462 e. The summed E-state index contributed by atoms with van der Waals surface area (Å²) in [4.78, 5) is 70.3. The minimum atomic E-state index is -1.64. The van der Waals surface area contributed by atoms with Gasteiger partial charge in [-0.3, -0.25) is 28.8 Å². The van der Waals surface area contributed by atoms with Gasteiger partial charge in [0.05, 0.1) is 0 Å². The Morgan fingerprint density at radius 1 is 0.576 bits per heavy atom. The highest BCUT2D eigenvalue weighted by Crippen LogP contribution is 2.25. The van der Waals surface area contributed by atoms with E-state index >= 15 is 0 Å². The van der Waals surface area contributed by atoms with Crippen LogP contribution in [0.1, 0.15) is 48.0 Å². The molecule has 0 spiro atoms. The van der Waals surface area contributed by atoms with E-state index in [4.69, 9.17) is 28.4 Å². The molecule has 0 aromatic carbocycles. The molecular weight excluding hydrogens is 444 g/mol. The minimum absolute atomic E-state index is 0.0513. The van der Waals surface area contributed by atoms with E-state index in [9.17, 15) is 28.8 Å².